The molecule has 24 heavy (non-hydrogen) atoms. The monoisotopic (exact) mass is 329 g/mol. The molecule has 3 rings (SSSR count). The van der Waals surface area contributed by atoms with E-state index in [-0.39, 0.29) is 23.6 Å². The maximum Gasteiger partial charge on any atom is 0.343 e. The molecule has 128 valence electrons. The van der Waals surface area contributed by atoms with Crippen LogP contribution in [0.3, 0.4) is 0 Å². The summed E-state index contributed by atoms with van der Waals surface area (Å²) in [5.41, 5.74) is 1.34. The van der Waals surface area contributed by atoms with Crippen molar-refractivity contribution in [2.24, 2.45) is 13.0 Å². The van der Waals surface area contributed by atoms with E-state index in [0.717, 1.165) is 37.1 Å². The van der Waals surface area contributed by atoms with E-state index < -0.39 is 0 Å². The minimum Gasteiger partial charge on any atom is -0.349 e. The maximum absolute atomic E-state index is 12.6. The van der Waals surface area contributed by atoms with Crippen molar-refractivity contribution < 1.29 is 4.79 Å². The smallest absolute Gasteiger partial charge is 0.343 e. The Balaban J connectivity index is 1.73. The molecule has 0 aromatic carbocycles. The van der Waals surface area contributed by atoms with Crippen molar-refractivity contribution in [2.45, 2.75) is 45.1 Å². The Hall–Kier alpha value is -2.44. The van der Waals surface area contributed by atoms with Crippen LogP contribution in [0, 0.1) is 12.8 Å². The molecule has 1 fully saturated rings. The number of carbonyl (C=O) groups excluding carboxylic acids is 1. The fraction of sp³-hybridized carbons (Fsp3) is 0.529. The zero-order chi connectivity index (χ0) is 17.1. The van der Waals surface area contributed by atoms with Crippen molar-refractivity contribution in [1.82, 2.24) is 25.1 Å². The zero-order valence-corrected chi connectivity index (χ0v) is 14.1. The van der Waals surface area contributed by atoms with Crippen LogP contribution in [0.2, 0.25) is 0 Å². The summed E-state index contributed by atoms with van der Waals surface area (Å²) in [6, 6.07) is 1.94. The summed E-state index contributed by atoms with van der Waals surface area (Å²) in [5, 5.41) is 9.74. The molecule has 2 aromatic rings. The number of pyridine rings is 1. The Morgan fingerprint density at radius 3 is 2.92 bits per heavy atom. The molecule has 2 N–H and O–H groups in total. The zero-order valence-electron chi connectivity index (χ0n) is 14.1. The van der Waals surface area contributed by atoms with Crippen LogP contribution in [0.25, 0.3) is 0 Å². The molecule has 1 amide bonds. The van der Waals surface area contributed by atoms with Gasteiger partial charge in [-0.25, -0.2) is 9.89 Å². The molecule has 7 heteroatoms. The normalized spacial score (nSPS) is 20.8. The van der Waals surface area contributed by atoms with E-state index in [0.29, 0.717) is 12.0 Å². The van der Waals surface area contributed by atoms with E-state index in [1.54, 1.807) is 24.0 Å². The van der Waals surface area contributed by atoms with Crippen LogP contribution in [-0.2, 0) is 13.5 Å². The Labute approximate surface area is 140 Å². The Morgan fingerprint density at radius 1 is 1.42 bits per heavy atom. The van der Waals surface area contributed by atoms with Crippen molar-refractivity contribution in [3.63, 3.8) is 0 Å². The van der Waals surface area contributed by atoms with Gasteiger partial charge in [-0.3, -0.25) is 14.3 Å². The van der Waals surface area contributed by atoms with Crippen LogP contribution in [0.4, 0.5) is 0 Å². The lowest BCUT2D eigenvalue weighted by Gasteiger charge is -2.32. The van der Waals surface area contributed by atoms with Gasteiger partial charge in [0, 0.05) is 31.9 Å². The van der Waals surface area contributed by atoms with Gasteiger partial charge in [-0.1, -0.05) is 12.8 Å². The number of carbonyl (C=O) groups is 1. The van der Waals surface area contributed by atoms with Gasteiger partial charge in [0.15, 0.2) is 0 Å². The molecular weight excluding hydrogens is 306 g/mol. The van der Waals surface area contributed by atoms with E-state index in [2.05, 4.69) is 20.5 Å². The van der Waals surface area contributed by atoms with Crippen molar-refractivity contribution in [3.8, 4) is 0 Å². The minimum atomic E-state index is -0.202. The number of amides is 1. The van der Waals surface area contributed by atoms with E-state index >= 15 is 0 Å². The van der Waals surface area contributed by atoms with Crippen LogP contribution in [0.5, 0.6) is 0 Å². The van der Waals surface area contributed by atoms with E-state index in [9.17, 15) is 9.59 Å². The molecule has 0 aliphatic heterocycles. The number of aromatic amines is 1. The maximum atomic E-state index is 12.6. The second-order valence-corrected chi connectivity index (χ2v) is 6.52. The van der Waals surface area contributed by atoms with Gasteiger partial charge in [-0.2, -0.15) is 5.10 Å². The van der Waals surface area contributed by atoms with Crippen molar-refractivity contribution in [3.05, 3.63) is 45.9 Å². The highest BCUT2D eigenvalue weighted by Crippen LogP contribution is 2.27. The average molecular weight is 329 g/mol. The molecule has 0 radical (unpaired) electrons. The molecule has 2 atom stereocenters. The third-order valence-electron chi connectivity index (χ3n) is 4.93. The topological polar surface area (TPSA) is 92.7 Å². The number of nitrogens with one attached hydrogen (secondary N) is 2. The number of aromatic nitrogens is 4. The lowest BCUT2D eigenvalue weighted by atomic mass is 9.82. The van der Waals surface area contributed by atoms with Gasteiger partial charge < -0.3 is 5.32 Å². The van der Waals surface area contributed by atoms with Crippen LogP contribution in [-0.4, -0.2) is 31.7 Å². The predicted molar refractivity (Wildman–Crippen MR) is 89.7 cm³/mol. The summed E-state index contributed by atoms with van der Waals surface area (Å²) in [7, 11) is 1.72. The summed E-state index contributed by atoms with van der Waals surface area (Å²) >= 11 is 0. The minimum absolute atomic E-state index is 0.0755. The fourth-order valence-corrected chi connectivity index (χ4v) is 3.39. The highest BCUT2D eigenvalue weighted by Gasteiger charge is 2.28. The number of nitrogens with zero attached hydrogens (tertiary/aromatic N) is 3. The van der Waals surface area contributed by atoms with Crippen LogP contribution < -0.4 is 11.0 Å². The van der Waals surface area contributed by atoms with E-state index in [4.69, 9.17) is 0 Å². The van der Waals surface area contributed by atoms with E-state index in [1.807, 2.05) is 13.0 Å². The summed E-state index contributed by atoms with van der Waals surface area (Å²) in [6.45, 7) is 1.91. The first-order chi connectivity index (χ1) is 11.6. The van der Waals surface area contributed by atoms with Gasteiger partial charge in [-0.15, -0.1) is 0 Å². The van der Waals surface area contributed by atoms with Gasteiger partial charge in [0.1, 0.15) is 5.82 Å². The molecule has 1 saturated carbocycles. The SMILES string of the molecule is Cc1ccncc1C(=O)N[C@@H]1CCCC[C@@H]1Cc1n[nH]c(=O)n1C. The molecule has 7 nitrogen and oxygen atoms in total. The second-order valence-electron chi connectivity index (χ2n) is 6.52. The number of rotatable bonds is 4. The first-order valence-corrected chi connectivity index (χ1v) is 8.38. The third kappa shape index (κ3) is 3.39. The van der Waals surface area contributed by atoms with Crippen LogP contribution in [0.15, 0.2) is 23.3 Å². The van der Waals surface area contributed by atoms with Gasteiger partial charge in [0.05, 0.1) is 5.56 Å². The third-order valence-corrected chi connectivity index (χ3v) is 4.93. The van der Waals surface area contributed by atoms with Gasteiger partial charge >= 0.3 is 5.69 Å². The largest absolute Gasteiger partial charge is 0.349 e. The predicted octanol–water partition coefficient (Wildman–Crippen LogP) is 1.34. The highest BCUT2D eigenvalue weighted by atomic mass is 16.2. The van der Waals surface area contributed by atoms with Gasteiger partial charge in [0.25, 0.3) is 5.91 Å². The number of H-pyrrole nitrogens is 1. The molecule has 0 unspecified atom stereocenters. The Morgan fingerprint density at radius 2 is 2.21 bits per heavy atom. The summed E-state index contributed by atoms with van der Waals surface area (Å²) in [6.07, 6.45) is 8.21. The molecule has 0 saturated heterocycles. The van der Waals surface area contributed by atoms with Crippen molar-refractivity contribution >= 4 is 5.91 Å². The standard InChI is InChI=1S/C17H23N5O2/c1-11-7-8-18-10-13(11)16(23)19-14-6-4-3-5-12(14)9-15-20-21-17(24)22(15)2/h7-8,10,12,14H,3-6,9H2,1-2H3,(H,19,23)(H,21,24)/t12-,14-/m1/s1. The van der Waals surface area contributed by atoms with Crippen molar-refractivity contribution in [2.75, 3.05) is 0 Å². The van der Waals surface area contributed by atoms with Gasteiger partial charge in [-0.05, 0) is 37.3 Å². The molecule has 2 aromatic heterocycles. The number of hydrogen-bond acceptors (Lipinski definition) is 4. The highest BCUT2D eigenvalue weighted by molar-refractivity contribution is 5.95. The van der Waals surface area contributed by atoms with Crippen LogP contribution >= 0.6 is 0 Å². The lowest BCUT2D eigenvalue weighted by molar-refractivity contribution is 0.0904. The Bertz CT molecular complexity index is 779. The van der Waals surface area contributed by atoms with Crippen molar-refractivity contribution in [1.29, 1.82) is 0 Å². The summed E-state index contributed by atoms with van der Waals surface area (Å²) < 4.78 is 1.54. The summed E-state index contributed by atoms with van der Waals surface area (Å²) in [5.74, 6) is 0.950. The average Bonchev–Trinajstić information content (AvgIpc) is 2.89. The second kappa shape index (κ2) is 6.98. The number of aryl methyl sites for hydroxylation is 1. The van der Waals surface area contributed by atoms with Crippen LogP contribution in [0.1, 0.15) is 47.4 Å². The molecule has 1 aliphatic carbocycles. The molecular formula is C17H23N5O2. The lowest BCUT2D eigenvalue weighted by Crippen LogP contribution is -2.43. The quantitative estimate of drug-likeness (QED) is 0.885. The summed E-state index contributed by atoms with van der Waals surface area (Å²) in [4.78, 5) is 28.2. The molecule has 0 bridgehead atoms. The number of hydrogen-bond donors (Lipinski definition) is 2. The fourth-order valence-electron chi connectivity index (χ4n) is 3.39. The van der Waals surface area contributed by atoms with E-state index in [1.165, 1.54) is 0 Å². The molecule has 0 spiro atoms. The molecule has 2 heterocycles. The van der Waals surface area contributed by atoms with Gasteiger partial charge in [0.2, 0.25) is 0 Å². The first-order valence-electron chi connectivity index (χ1n) is 8.38. The first kappa shape index (κ1) is 16.4. The molecule has 1 aliphatic rings. The Kier molecular flexibility index (Phi) is 4.78.